The first-order chi connectivity index (χ1) is 15.1. The largest absolute Gasteiger partial charge is 0.351 e. The molecule has 154 valence electrons. The summed E-state index contributed by atoms with van der Waals surface area (Å²) in [5, 5.41) is 4.25. The Morgan fingerprint density at radius 2 is 1.65 bits per heavy atom. The summed E-state index contributed by atoms with van der Waals surface area (Å²) >= 11 is 5.86. The Morgan fingerprint density at radius 3 is 2.35 bits per heavy atom. The van der Waals surface area contributed by atoms with Crippen molar-refractivity contribution >= 4 is 23.0 Å². The van der Waals surface area contributed by atoms with Gasteiger partial charge in [0.15, 0.2) is 5.11 Å². The lowest BCUT2D eigenvalue weighted by Crippen LogP contribution is -2.30. The third kappa shape index (κ3) is 3.59. The van der Waals surface area contributed by atoms with E-state index in [0.717, 1.165) is 22.8 Å². The molecule has 1 saturated heterocycles. The van der Waals surface area contributed by atoms with Crippen LogP contribution in [0.25, 0.3) is 5.69 Å². The fourth-order valence-corrected chi connectivity index (χ4v) is 4.74. The van der Waals surface area contributed by atoms with Gasteiger partial charge in [0.25, 0.3) is 0 Å². The molecule has 0 spiro atoms. The molecular weight excluding hydrogens is 402 g/mol. The van der Waals surface area contributed by atoms with E-state index in [0.29, 0.717) is 5.11 Å². The molecule has 3 aromatic heterocycles. The molecule has 4 heterocycles. The van der Waals surface area contributed by atoms with Crippen molar-refractivity contribution < 1.29 is 0 Å². The summed E-state index contributed by atoms with van der Waals surface area (Å²) in [6, 6.07) is 20.7. The quantitative estimate of drug-likeness (QED) is 0.463. The summed E-state index contributed by atoms with van der Waals surface area (Å²) in [7, 11) is 0. The van der Waals surface area contributed by atoms with E-state index < -0.39 is 0 Å². The monoisotopic (exact) mass is 425 g/mol. The predicted octanol–water partition coefficient (Wildman–Crippen LogP) is 5.06. The van der Waals surface area contributed by atoms with E-state index >= 15 is 0 Å². The number of rotatable bonds is 4. The van der Waals surface area contributed by atoms with E-state index in [-0.39, 0.29) is 12.1 Å². The molecule has 1 aliphatic heterocycles. The topological polar surface area (TPSA) is 46.0 Å². The van der Waals surface area contributed by atoms with E-state index in [9.17, 15) is 0 Å². The number of nitrogens with one attached hydrogen (secondary N) is 1. The van der Waals surface area contributed by atoms with E-state index in [4.69, 9.17) is 12.2 Å². The molecule has 2 atom stereocenters. The number of hydrogen-bond donors (Lipinski definition) is 1. The van der Waals surface area contributed by atoms with Gasteiger partial charge in [0.1, 0.15) is 6.04 Å². The molecule has 2 unspecified atom stereocenters. The van der Waals surface area contributed by atoms with Crippen LogP contribution in [0.1, 0.15) is 34.6 Å². The number of pyridine rings is 2. The molecule has 31 heavy (non-hydrogen) atoms. The predicted molar refractivity (Wildman–Crippen MR) is 127 cm³/mol. The second-order valence-electron chi connectivity index (χ2n) is 7.85. The van der Waals surface area contributed by atoms with Crippen LogP contribution in [-0.4, -0.2) is 19.6 Å². The zero-order chi connectivity index (χ0) is 21.4. The Bertz CT molecular complexity index is 1200. The van der Waals surface area contributed by atoms with E-state index in [1.807, 2.05) is 42.9 Å². The summed E-state index contributed by atoms with van der Waals surface area (Å²) in [5.41, 5.74) is 6.66. The second kappa shape index (κ2) is 7.96. The average Bonchev–Trinajstić information content (AvgIpc) is 3.38. The van der Waals surface area contributed by atoms with E-state index in [1.54, 1.807) is 0 Å². The molecule has 6 heteroatoms. The minimum Gasteiger partial charge on any atom is -0.351 e. The second-order valence-corrected chi connectivity index (χ2v) is 8.24. The van der Waals surface area contributed by atoms with Crippen LogP contribution in [0.4, 0.5) is 5.69 Å². The number of aromatic nitrogens is 3. The Morgan fingerprint density at radius 1 is 0.871 bits per heavy atom. The maximum absolute atomic E-state index is 5.86. The molecule has 1 aromatic carbocycles. The number of aryl methyl sites for hydroxylation is 2. The minimum atomic E-state index is -0.0787. The van der Waals surface area contributed by atoms with Crippen LogP contribution >= 0.6 is 12.2 Å². The van der Waals surface area contributed by atoms with Crippen molar-refractivity contribution in [3.8, 4) is 5.69 Å². The summed E-state index contributed by atoms with van der Waals surface area (Å²) in [6.07, 6.45) is 7.54. The van der Waals surface area contributed by atoms with Crippen molar-refractivity contribution in [1.29, 1.82) is 0 Å². The van der Waals surface area contributed by atoms with Gasteiger partial charge in [0.05, 0.1) is 11.7 Å². The van der Waals surface area contributed by atoms with E-state index in [2.05, 4.69) is 81.2 Å². The van der Waals surface area contributed by atoms with Crippen molar-refractivity contribution in [2.24, 2.45) is 0 Å². The number of nitrogens with zero attached hydrogens (tertiary/aromatic N) is 4. The summed E-state index contributed by atoms with van der Waals surface area (Å²) < 4.78 is 2.20. The lowest BCUT2D eigenvalue weighted by Gasteiger charge is -2.29. The lowest BCUT2D eigenvalue weighted by atomic mass is 10.00. The van der Waals surface area contributed by atoms with Gasteiger partial charge in [-0.05, 0) is 85.7 Å². The first-order valence-electron chi connectivity index (χ1n) is 10.3. The first kappa shape index (κ1) is 19.5. The Labute approximate surface area is 187 Å². The maximum Gasteiger partial charge on any atom is 0.174 e. The zero-order valence-corrected chi connectivity index (χ0v) is 18.3. The van der Waals surface area contributed by atoms with Crippen LogP contribution in [0.5, 0.6) is 0 Å². The lowest BCUT2D eigenvalue weighted by molar-refractivity contribution is 0.549. The highest BCUT2D eigenvalue weighted by Gasteiger charge is 2.42. The minimum absolute atomic E-state index is 0.0632. The number of benzene rings is 1. The fraction of sp³-hybridized carbons (Fsp3) is 0.160. The molecular formula is C25H23N5S. The molecule has 1 aliphatic rings. The van der Waals surface area contributed by atoms with Crippen molar-refractivity contribution in [1.82, 2.24) is 19.9 Å². The van der Waals surface area contributed by atoms with Gasteiger partial charge in [-0.25, -0.2) is 0 Å². The fourth-order valence-electron chi connectivity index (χ4n) is 4.40. The zero-order valence-electron chi connectivity index (χ0n) is 17.4. The molecule has 0 radical (unpaired) electrons. The van der Waals surface area contributed by atoms with Gasteiger partial charge in [-0.3, -0.25) is 9.97 Å². The van der Waals surface area contributed by atoms with Crippen molar-refractivity contribution in [3.05, 3.63) is 108 Å². The van der Waals surface area contributed by atoms with Gasteiger partial charge >= 0.3 is 0 Å². The number of anilines is 1. The summed E-state index contributed by atoms with van der Waals surface area (Å²) in [5.74, 6) is 0. The molecule has 0 amide bonds. The van der Waals surface area contributed by atoms with Gasteiger partial charge in [0.2, 0.25) is 0 Å². The smallest absolute Gasteiger partial charge is 0.174 e. The van der Waals surface area contributed by atoms with Crippen molar-refractivity contribution in [2.45, 2.75) is 25.9 Å². The third-order valence-electron chi connectivity index (χ3n) is 5.61. The van der Waals surface area contributed by atoms with Crippen LogP contribution in [0.3, 0.4) is 0 Å². The standard InChI is InChI=1S/C25H23N5S/c1-17-14-18(2)16-20(15-17)30-24(23(28-25(30)31)21-6-3-4-10-27-21)22-7-5-13-29(22)19-8-11-26-12-9-19/h3-16,23-24H,1-2H3,(H,28,31). The van der Waals surface area contributed by atoms with Crippen molar-refractivity contribution in [3.63, 3.8) is 0 Å². The normalized spacial score (nSPS) is 18.3. The van der Waals surface area contributed by atoms with Gasteiger partial charge in [-0.15, -0.1) is 0 Å². The Hall–Kier alpha value is -3.51. The highest BCUT2D eigenvalue weighted by atomic mass is 32.1. The van der Waals surface area contributed by atoms with Crippen LogP contribution in [-0.2, 0) is 0 Å². The molecule has 0 saturated carbocycles. The molecule has 1 N–H and O–H groups in total. The third-order valence-corrected chi connectivity index (χ3v) is 5.92. The Kier molecular flexibility index (Phi) is 5.00. The van der Waals surface area contributed by atoms with E-state index in [1.165, 1.54) is 11.1 Å². The Balaban J connectivity index is 1.69. The average molecular weight is 426 g/mol. The van der Waals surface area contributed by atoms with Crippen LogP contribution in [0.15, 0.2) is 85.5 Å². The van der Waals surface area contributed by atoms with Crippen LogP contribution < -0.4 is 10.2 Å². The summed E-state index contributed by atoms with van der Waals surface area (Å²) in [4.78, 5) is 11.0. The van der Waals surface area contributed by atoms with Gasteiger partial charge < -0.3 is 14.8 Å². The number of hydrogen-bond acceptors (Lipinski definition) is 3. The van der Waals surface area contributed by atoms with Gasteiger partial charge in [-0.2, -0.15) is 0 Å². The SMILES string of the molecule is Cc1cc(C)cc(N2C(=S)NC(c3ccccn3)C2c2cccn2-c2ccncc2)c1. The highest BCUT2D eigenvalue weighted by molar-refractivity contribution is 7.80. The number of thiocarbonyl (C=S) groups is 1. The van der Waals surface area contributed by atoms with Crippen LogP contribution in [0, 0.1) is 13.8 Å². The van der Waals surface area contributed by atoms with Gasteiger partial charge in [-0.1, -0.05) is 12.1 Å². The molecule has 5 rings (SSSR count). The molecule has 5 nitrogen and oxygen atoms in total. The van der Waals surface area contributed by atoms with Crippen LogP contribution in [0.2, 0.25) is 0 Å². The first-order valence-corrected chi connectivity index (χ1v) is 10.7. The maximum atomic E-state index is 5.86. The molecule has 4 aromatic rings. The molecule has 0 bridgehead atoms. The highest BCUT2D eigenvalue weighted by Crippen LogP contribution is 2.42. The molecule has 1 fully saturated rings. The van der Waals surface area contributed by atoms with Gasteiger partial charge in [0, 0.05) is 41.9 Å². The molecule has 0 aliphatic carbocycles. The van der Waals surface area contributed by atoms with Crippen molar-refractivity contribution in [2.75, 3.05) is 4.90 Å². The summed E-state index contributed by atoms with van der Waals surface area (Å²) in [6.45, 7) is 4.24.